The molecule has 184 valence electrons. The predicted molar refractivity (Wildman–Crippen MR) is 137 cm³/mol. The molecule has 0 unspecified atom stereocenters. The topological polar surface area (TPSA) is 79.9 Å². The van der Waals surface area contributed by atoms with Crippen LogP contribution in [0.15, 0.2) is 48.5 Å². The summed E-state index contributed by atoms with van der Waals surface area (Å²) in [6, 6.07) is 14.1. The van der Waals surface area contributed by atoms with Crippen LogP contribution in [0.3, 0.4) is 0 Å². The summed E-state index contributed by atoms with van der Waals surface area (Å²) >= 11 is 7.80. The number of hydrogen-bond acceptors (Lipinski definition) is 6. The van der Waals surface area contributed by atoms with E-state index in [0.29, 0.717) is 36.8 Å². The van der Waals surface area contributed by atoms with Gasteiger partial charge in [-0.1, -0.05) is 35.9 Å². The van der Waals surface area contributed by atoms with E-state index in [1.807, 2.05) is 30.5 Å². The van der Waals surface area contributed by atoms with E-state index in [1.54, 1.807) is 43.1 Å². The molecule has 2 atom stereocenters. The molecular formula is C25H32ClN3O4S. The van der Waals surface area contributed by atoms with Gasteiger partial charge in [0.1, 0.15) is 11.8 Å². The summed E-state index contributed by atoms with van der Waals surface area (Å²) in [5.41, 5.74) is 1.44. The Labute approximate surface area is 210 Å². The van der Waals surface area contributed by atoms with E-state index in [4.69, 9.17) is 21.1 Å². The number of methoxy groups -OCH3 is 1. The second-order valence-corrected chi connectivity index (χ2v) is 9.36. The number of amides is 2. The lowest BCUT2D eigenvalue weighted by atomic mass is 10.0. The predicted octanol–water partition coefficient (Wildman–Crippen LogP) is 3.39. The summed E-state index contributed by atoms with van der Waals surface area (Å²) in [4.78, 5) is 28.3. The number of nitrogens with zero attached hydrogens (tertiary/aromatic N) is 1. The zero-order valence-corrected chi connectivity index (χ0v) is 21.2. The SMILES string of the molecule is COc1ccc([C@H](CNC(=O)[C@@H](CCSC)NC(=O)c2ccccc2Cl)N2CCOCC2)cc1. The number of nitrogens with one attached hydrogen (secondary N) is 2. The third-order valence-electron chi connectivity index (χ3n) is 5.81. The summed E-state index contributed by atoms with van der Waals surface area (Å²) in [6.45, 7) is 3.30. The van der Waals surface area contributed by atoms with E-state index in [-0.39, 0.29) is 17.9 Å². The Bertz CT molecular complexity index is 938. The van der Waals surface area contributed by atoms with Crippen LogP contribution < -0.4 is 15.4 Å². The molecule has 1 heterocycles. The number of morpholine rings is 1. The maximum absolute atomic E-state index is 13.2. The first-order valence-electron chi connectivity index (χ1n) is 11.3. The second kappa shape index (κ2) is 13.6. The van der Waals surface area contributed by atoms with Crippen molar-refractivity contribution < 1.29 is 19.1 Å². The Balaban J connectivity index is 1.70. The molecule has 1 aliphatic rings. The van der Waals surface area contributed by atoms with Gasteiger partial charge in [0.15, 0.2) is 0 Å². The van der Waals surface area contributed by atoms with Gasteiger partial charge in [-0.3, -0.25) is 14.5 Å². The summed E-state index contributed by atoms with van der Waals surface area (Å²) in [5, 5.41) is 6.30. The molecule has 0 saturated carbocycles. The van der Waals surface area contributed by atoms with Crippen LogP contribution in [0.4, 0.5) is 0 Å². The van der Waals surface area contributed by atoms with Gasteiger partial charge in [0.2, 0.25) is 5.91 Å². The minimum Gasteiger partial charge on any atom is -0.497 e. The van der Waals surface area contributed by atoms with Crippen molar-refractivity contribution in [1.29, 1.82) is 0 Å². The van der Waals surface area contributed by atoms with Crippen molar-refractivity contribution in [3.8, 4) is 5.75 Å². The van der Waals surface area contributed by atoms with Gasteiger partial charge in [0, 0.05) is 19.6 Å². The average molecular weight is 506 g/mol. The molecule has 34 heavy (non-hydrogen) atoms. The Morgan fingerprint density at radius 1 is 1.15 bits per heavy atom. The highest BCUT2D eigenvalue weighted by molar-refractivity contribution is 7.98. The summed E-state index contributed by atoms with van der Waals surface area (Å²) in [7, 11) is 1.64. The van der Waals surface area contributed by atoms with E-state index in [0.717, 1.165) is 30.2 Å². The minimum atomic E-state index is -0.655. The largest absolute Gasteiger partial charge is 0.497 e. The van der Waals surface area contributed by atoms with Crippen LogP contribution >= 0.6 is 23.4 Å². The van der Waals surface area contributed by atoms with Crippen LogP contribution in [0.1, 0.15) is 28.4 Å². The number of benzene rings is 2. The summed E-state index contributed by atoms with van der Waals surface area (Å²) < 4.78 is 10.8. The Hall–Kier alpha value is -2.26. The number of hydrogen-bond donors (Lipinski definition) is 2. The number of rotatable bonds is 11. The fraction of sp³-hybridized carbons (Fsp3) is 0.440. The van der Waals surface area contributed by atoms with Crippen LogP contribution in [0.2, 0.25) is 5.02 Å². The van der Waals surface area contributed by atoms with Gasteiger partial charge in [-0.05, 0) is 48.3 Å². The Morgan fingerprint density at radius 3 is 2.50 bits per heavy atom. The van der Waals surface area contributed by atoms with Gasteiger partial charge in [0.25, 0.3) is 5.91 Å². The van der Waals surface area contributed by atoms with Crippen LogP contribution in [-0.2, 0) is 9.53 Å². The van der Waals surface area contributed by atoms with Crippen LogP contribution in [0.5, 0.6) is 5.75 Å². The van der Waals surface area contributed by atoms with Crippen LogP contribution in [-0.4, -0.2) is 74.7 Å². The molecule has 1 aliphatic heterocycles. The quantitative estimate of drug-likeness (QED) is 0.487. The standard InChI is InChI=1S/C25H32ClN3O4S/c1-32-19-9-7-18(8-10-19)23(29-12-14-33-15-13-29)17-27-25(31)22(11-16-34-2)28-24(30)20-5-3-4-6-21(20)26/h3-10,22-23H,11-17H2,1-2H3,(H,27,31)(H,28,30)/t22-,23+/m1/s1. The van der Waals surface area contributed by atoms with Gasteiger partial charge in [-0.15, -0.1) is 0 Å². The molecule has 0 radical (unpaired) electrons. The molecule has 2 aromatic carbocycles. The molecule has 0 aliphatic carbocycles. The van der Waals surface area contributed by atoms with Crippen molar-refractivity contribution in [3.63, 3.8) is 0 Å². The van der Waals surface area contributed by atoms with Crippen molar-refractivity contribution >= 4 is 35.2 Å². The van der Waals surface area contributed by atoms with Gasteiger partial charge in [-0.2, -0.15) is 11.8 Å². The van der Waals surface area contributed by atoms with E-state index < -0.39 is 6.04 Å². The molecule has 0 spiro atoms. The lowest BCUT2D eigenvalue weighted by Crippen LogP contribution is -2.50. The number of ether oxygens (including phenoxy) is 2. The average Bonchev–Trinajstić information content (AvgIpc) is 2.87. The lowest BCUT2D eigenvalue weighted by molar-refractivity contribution is -0.123. The van der Waals surface area contributed by atoms with Gasteiger partial charge in [0.05, 0.1) is 37.0 Å². The van der Waals surface area contributed by atoms with Crippen molar-refractivity contribution in [3.05, 3.63) is 64.7 Å². The first-order valence-corrected chi connectivity index (χ1v) is 13.1. The summed E-state index contributed by atoms with van der Waals surface area (Å²) in [5.74, 6) is 0.965. The molecule has 1 fully saturated rings. The first-order chi connectivity index (χ1) is 16.5. The Kier molecular flexibility index (Phi) is 10.5. The molecule has 0 aromatic heterocycles. The zero-order valence-electron chi connectivity index (χ0n) is 19.6. The van der Waals surface area contributed by atoms with E-state index in [2.05, 4.69) is 15.5 Å². The normalized spacial score (nSPS) is 15.9. The molecule has 2 N–H and O–H groups in total. The van der Waals surface area contributed by atoms with Crippen LogP contribution in [0, 0.1) is 0 Å². The third-order valence-corrected chi connectivity index (χ3v) is 6.78. The van der Waals surface area contributed by atoms with E-state index in [9.17, 15) is 9.59 Å². The van der Waals surface area contributed by atoms with Gasteiger partial charge in [-0.25, -0.2) is 0 Å². The molecular weight excluding hydrogens is 474 g/mol. The smallest absolute Gasteiger partial charge is 0.253 e. The number of carbonyl (C=O) groups is 2. The lowest BCUT2D eigenvalue weighted by Gasteiger charge is -2.35. The Morgan fingerprint density at radius 2 is 1.85 bits per heavy atom. The molecule has 9 heteroatoms. The maximum atomic E-state index is 13.2. The number of halogens is 1. The monoisotopic (exact) mass is 505 g/mol. The fourth-order valence-electron chi connectivity index (χ4n) is 3.88. The highest BCUT2D eigenvalue weighted by Gasteiger charge is 2.26. The molecule has 0 bridgehead atoms. The van der Waals surface area contributed by atoms with Crippen molar-refractivity contribution in [2.24, 2.45) is 0 Å². The molecule has 2 amide bonds. The van der Waals surface area contributed by atoms with Gasteiger partial charge < -0.3 is 20.1 Å². The zero-order chi connectivity index (χ0) is 24.3. The number of thioether (sulfide) groups is 1. The highest BCUT2D eigenvalue weighted by Crippen LogP contribution is 2.24. The van der Waals surface area contributed by atoms with Crippen molar-refractivity contribution in [1.82, 2.24) is 15.5 Å². The molecule has 3 rings (SSSR count). The third kappa shape index (κ3) is 7.37. The van der Waals surface area contributed by atoms with E-state index >= 15 is 0 Å². The van der Waals surface area contributed by atoms with Crippen LogP contribution in [0.25, 0.3) is 0 Å². The van der Waals surface area contributed by atoms with Gasteiger partial charge >= 0.3 is 0 Å². The molecule has 7 nitrogen and oxygen atoms in total. The van der Waals surface area contributed by atoms with Crippen molar-refractivity contribution in [2.45, 2.75) is 18.5 Å². The van der Waals surface area contributed by atoms with E-state index in [1.165, 1.54) is 0 Å². The molecule has 2 aromatic rings. The summed E-state index contributed by atoms with van der Waals surface area (Å²) in [6.07, 6.45) is 2.50. The fourth-order valence-corrected chi connectivity index (χ4v) is 4.57. The maximum Gasteiger partial charge on any atom is 0.253 e. The first kappa shape index (κ1) is 26.3. The van der Waals surface area contributed by atoms with Crippen molar-refractivity contribution in [2.75, 3.05) is 52.0 Å². The second-order valence-electron chi connectivity index (χ2n) is 7.97. The number of carbonyl (C=O) groups excluding carboxylic acids is 2. The molecule has 1 saturated heterocycles. The highest BCUT2D eigenvalue weighted by atomic mass is 35.5. The minimum absolute atomic E-state index is 0.0146.